The van der Waals surface area contributed by atoms with E-state index in [1.807, 2.05) is 24.3 Å². The van der Waals surface area contributed by atoms with Crippen molar-refractivity contribution in [2.45, 2.75) is 45.1 Å². The van der Waals surface area contributed by atoms with Gasteiger partial charge >= 0.3 is 0 Å². The van der Waals surface area contributed by atoms with Crippen LogP contribution >= 0.6 is 0 Å². The molecule has 25 heavy (non-hydrogen) atoms. The molecule has 2 rings (SSSR count). The number of nitrogens with one attached hydrogen (secondary N) is 1. The third kappa shape index (κ3) is 5.71. The van der Waals surface area contributed by atoms with Gasteiger partial charge < -0.3 is 10.1 Å². The van der Waals surface area contributed by atoms with Crippen LogP contribution in [0.2, 0.25) is 0 Å². The minimum Gasteiger partial charge on any atom is -0.483 e. The molecule has 2 unspecified atom stereocenters. The number of nitrogens with zero attached hydrogens (tertiary/aromatic N) is 1. The number of carbonyl (C=O) groups excluding carboxylic acids is 1. The second-order valence-corrected chi connectivity index (χ2v) is 8.65. The minimum atomic E-state index is -3.22. The monoisotopic (exact) mass is 368 g/mol. The number of ether oxygens (including phenoxy) is 1. The standard InChI is InChI=1S/C18H28N2O4S/c1-4-14(2)16-9-5-6-10-17(16)24-13-18(21)19-15-8-7-11-20(12-15)25(3,22)23/h5-6,9-10,14-15H,4,7-8,11-13H2,1-3H3,(H,19,21). The first-order chi connectivity index (χ1) is 11.8. The first-order valence-corrected chi connectivity index (χ1v) is 10.6. The molecule has 1 aliphatic rings. The summed E-state index contributed by atoms with van der Waals surface area (Å²) in [4.78, 5) is 12.2. The molecular weight excluding hydrogens is 340 g/mol. The molecule has 0 saturated carbocycles. The number of carbonyl (C=O) groups is 1. The number of piperidine rings is 1. The van der Waals surface area contributed by atoms with Crippen LogP contribution in [0.15, 0.2) is 24.3 Å². The van der Waals surface area contributed by atoms with Gasteiger partial charge in [-0.3, -0.25) is 4.79 Å². The summed E-state index contributed by atoms with van der Waals surface area (Å²) in [6.07, 6.45) is 3.72. The van der Waals surface area contributed by atoms with Crippen molar-refractivity contribution in [3.05, 3.63) is 29.8 Å². The molecular formula is C18H28N2O4S. The molecule has 1 fully saturated rings. The number of amides is 1. The Morgan fingerprint density at radius 2 is 2.12 bits per heavy atom. The number of rotatable bonds is 7. The van der Waals surface area contributed by atoms with Gasteiger partial charge in [0.1, 0.15) is 5.75 Å². The molecule has 140 valence electrons. The normalized spacial score (nSPS) is 20.0. The van der Waals surface area contributed by atoms with Crippen molar-refractivity contribution >= 4 is 15.9 Å². The molecule has 0 spiro atoms. The van der Waals surface area contributed by atoms with E-state index >= 15 is 0 Å². The van der Waals surface area contributed by atoms with Crippen LogP contribution in [-0.4, -0.2) is 50.6 Å². The highest BCUT2D eigenvalue weighted by atomic mass is 32.2. The van der Waals surface area contributed by atoms with Crippen LogP contribution in [0.4, 0.5) is 0 Å². The Labute approximate surface area is 150 Å². The summed E-state index contributed by atoms with van der Waals surface area (Å²) in [5.74, 6) is 0.869. The molecule has 0 radical (unpaired) electrons. The van der Waals surface area contributed by atoms with Crippen molar-refractivity contribution in [3.63, 3.8) is 0 Å². The van der Waals surface area contributed by atoms with Crippen LogP contribution < -0.4 is 10.1 Å². The van der Waals surface area contributed by atoms with E-state index in [0.717, 1.165) is 30.6 Å². The lowest BCUT2D eigenvalue weighted by atomic mass is 9.98. The van der Waals surface area contributed by atoms with E-state index < -0.39 is 10.0 Å². The summed E-state index contributed by atoms with van der Waals surface area (Å²) in [6.45, 7) is 5.02. The van der Waals surface area contributed by atoms with E-state index in [9.17, 15) is 13.2 Å². The maximum Gasteiger partial charge on any atom is 0.258 e. The van der Waals surface area contributed by atoms with Crippen molar-refractivity contribution in [1.29, 1.82) is 0 Å². The zero-order valence-electron chi connectivity index (χ0n) is 15.2. The van der Waals surface area contributed by atoms with Crippen LogP contribution in [0.3, 0.4) is 0 Å². The molecule has 1 N–H and O–H groups in total. The summed E-state index contributed by atoms with van der Waals surface area (Å²) in [5, 5.41) is 2.88. The smallest absolute Gasteiger partial charge is 0.258 e. The molecule has 0 aliphatic carbocycles. The van der Waals surface area contributed by atoms with Gasteiger partial charge in [0.05, 0.1) is 6.26 Å². The average molecular weight is 368 g/mol. The van der Waals surface area contributed by atoms with Crippen molar-refractivity contribution < 1.29 is 17.9 Å². The third-order valence-electron chi connectivity index (χ3n) is 4.64. The lowest BCUT2D eigenvalue weighted by Crippen LogP contribution is -2.50. The summed E-state index contributed by atoms with van der Waals surface area (Å²) >= 11 is 0. The zero-order valence-corrected chi connectivity index (χ0v) is 16.0. The van der Waals surface area contributed by atoms with Crippen molar-refractivity contribution in [2.24, 2.45) is 0 Å². The molecule has 1 aromatic rings. The lowest BCUT2D eigenvalue weighted by Gasteiger charge is -2.31. The Morgan fingerprint density at radius 1 is 1.40 bits per heavy atom. The molecule has 1 aliphatic heterocycles. The predicted molar refractivity (Wildman–Crippen MR) is 98.2 cm³/mol. The van der Waals surface area contributed by atoms with E-state index in [2.05, 4.69) is 19.2 Å². The summed E-state index contributed by atoms with van der Waals surface area (Å²) in [5.41, 5.74) is 1.10. The van der Waals surface area contributed by atoms with E-state index in [1.165, 1.54) is 10.6 Å². The molecule has 1 heterocycles. The topological polar surface area (TPSA) is 75.7 Å². The van der Waals surface area contributed by atoms with Gasteiger partial charge in [-0.25, -0.2) is 12.7 Å². The molecule has 6 nitrogen and oxygen atoms in total. The predicted octanol–water partition coefficient (Wildman–Crippen LogP) is 2.12. The van der Waals surface area contributed by atoms with Gasteiger partial charge in [0, 0.05) is 19.1 Å². The molecule has 1 saturated heterocycles. The van der Waals surface area contributed by atoms with Crippen LogP contribution in [0, 0.1) is 0 Å². The molecule has 7 heteroatoms. The Bertz CT molecular complexity index is 690. The summed E-state index contributed by atoms with van der Waals surface area (Å²) in [7, 11) is -3.22. The second kappa shape index (κ2) is 8.67. The maximum absolute atomic E-state index is 12.2. The van der Waals surface area contributed by atoms with Crippen LogP contribution in [-0.2, 0) is 14.8 Å². The largest absolute Gasteiger partial charge is 0.483 e. The van der Waals surface area contributed by atoms with Gasteiger partial charge in [-0.1, -0.05) is 32.0 Å². The van der Waals surface area contributed by atoms with E-state index in [4.69, 9.17) is 4.74 Å². The zero-order chi connectivity index (χ0) is 18.4. The second-order valence-electron chi connectivity index (χ2n) is 6.66. The van der Waals surface area contributed by atoms with E-state index in [-0.39, 0.29) is 18.6 Å². The van der Waals surface area contributed by atoms with Gasteiger partial charge in [0.25, 0.3) is 5.91 Å². The number of hydrogen-bond donors (Lipinski definition) is 1. The van der Waals surface area contributed by atoms with Gasteiger partial charge in [0.15, 0.2) is 6.61 Å². The highest BCUT2D eigenvalue weighted by Gasteiger charge is 2.26. The molecule has 2 atom stereocenters. The lowest BCUT2D eigenvalue weighted by molar-refractivity contribution is -0.124. The van der Waals surface area contributed by atoms with Gasteiger partial charge in [-0.05, 0) is 36.8 Å². The Balaban J connectivity index is 1.89. The van der Waals surface area contributed by atoms with Crippen LogP contribution in [0.1, 0.15) is 44.6 Å². The van der Waals surface area contributed by atoms with E-state index in [1.54, 1.807) is 0 Å². The van der Waals surface area contributed by atoms with Crippen molar-refractivity contribution in [2.75, 3.05) is 26.0 Å². The molecule has 0 aromatic heterocycles. The summed E-state index contributed by atoms with van der Waals surface area (Å²) < 4.78 is 30.4. The summed E-state index contributed by atoms with van der Waals surface area (Å²) in [6, 6.07) is 7.60. The number of hydrogen-bond acceptors (Lipinski definition) is 4. The number of benzene rings is 1. The highest BCUT2D eigenvalue weighted by molar-refractivity contribution is 7.88. The average Bonchev–Trinajstić information content (AvgIpc) is 2.59. The van der Waals surface area contributed by atoms with Crippen molar-refractivity contribution in [1.82, 2.24) is 9.62 Å². The quantitative estimate of drug-likeness (QED) is 0.800. The van der Waals surface area contributed by atoms with Crippen LogP contribution in [0.25, 0.3) is 0 Å². The van der Waals surface area contributed by atoms with E-state index in [0.29, 0.717) is 19.0 Å². The van der Waals surface area contributed by atoms with Gasteiger partial charge in [-0.15, -0.1) is 0 Å². The first kappa shape index (κ1) is 19.7. The van der Waals surface area contributed by atoms with Gasteiger partial charge in [0.2, 0.25) is 10.0 Å². The fraction of sp³-hybridized carbons (Fsp3) is 0.611. The fourth-order valence-corrected chi connectivity index (χ4v) is 3.92. The van der Waals surface area contributed by atoms with Gasteiger partial charge in [-0.2, -0.15) is 0 Å². The maximum atomic E-state index is 12.2. The number of sulfonamides is 1. The third-order valence-corrected chi connectivity index (χ3v) is 5.91. The molecule has 0 bridgehead atoms. The number of para-hydroxylation sites is 1. The minimum absolute atomic E-state index is 0.0666. The molecule has 1 aromatic carbocycles. The Hall–Kier alpha value is -1.60. The highest BCUT2D eigenvalue weighted by Crippen LogP contribution is 2.28. The SMILES string of the molecule is CCC(C)c1ccccc1OCC(=O)NC1CCCN(S(C)(=O)=O)C1. The van der Waals surface area contributed by atoms with Crippen LogP contribution in [0.5, 0.6) is 5.75 Å². The van der Waals surface area contributed by atoms with Crippen molar-refractivity contribution in [3.8, 4) is 5.75 Å². The fourth-order valence-electron chi connectivity index (χ4n) is 3.01. The first-order valence-electron chi connectivity index (χ1n) is 8.77. The Kier molecular flexibility index (Phi) is 6.84. The Morgan fingerprint density at radius 3 is 2.80 bits per heavy atom. The molecule has 1 amide bonds.